The van der Waals surface area contributed by atoms with E-state index < -0.39 is 0 Å². The first-order chi connectivity index (χ1) is 13.6. The summed E-state index contributed by atoms with van der Waals surface area (Å²) < 4.78 is 10.5. The molecule has 6 nitrogen and oxygen atoms in total. The van der Waals surface area contributed by atoms with Gasteiger partial charge in [0.15, 0.2) is 0 Å². The molecule has 3 aromatic rings. The van der Waals surface area contributed by atoms with Crippen LogP contribution >= 0.6 is 11.8 Å². The summed E-state index contributed by atoms with van der Waals surface area (Å²) in [5.41, 5.74) is 5.14. The number of nitrogens with one attached hydrogen (secondary N) is 1. The molecule has 0 fully saturated rings. The van der Waals surface area contributed by atoms with Gasteiger partial charge in [-0.05, 0) is 31.2 Å². The van der Waals surface area contributed by atoms with Gasteiger partial charge in [-0.3, -0.25) is 9.78 Å². The number of benzene rings is 2. The van der Waals surface area contributed by atoms with Gasteiger partial charge in [0.1, 0.15) is 11.5 Å². The Labute approximate surface area is 168 Å². The van der Waals surface area contributed by atoms with Crippen LogP contribution in [-0.2, 0) is 4.79 Å². The number of pyridine rings is 1. The third-order valence-corrected chi connectivity index (χ3v) is 5.05. The molecule has 0 saturated heterocycles. The number of fused-ring (bicyclic) bond motifs is 1. The molecular weight excluding hydrogens is 374 g/mol. The molecule has 0 bridgehead atoms. The fourth-order valence-electron chi connectivity index (χ4n) is 2.66. The number of carbonyl (C=O) groups is 1. The summed E-state index contributed by atoms with van der Waals surface area (Å²) in [6.45, 7) is 1.95. The van der Waals surface area contributed by atoms with E-state index in [1.807, 2.05) is 43.3 Å². The van der Waals surface area contributed by atoms with Gasteiger partial charge >= 0.3 is 0 Å². The molecule has 0 unspecified atom stereocenters. The van der Waals surface area contributed by atoms with Gasteiger partial charge in [0.25, 0.3) is 0 Å². The highest BCUT2D eigenvalue weighted by Crippen LogP contribution is 2.27. The number of para-hydroxylation sites is 1. The molecule has 1 aromatic heterocycles. The first-order valence-electron chi connectivity index (χ1n) is 8.64. The number of hydrogen-bond donors (Lipinski definition) is 1. The number of nitrogens with zero attached hydrogens (tertiary/aromatic N) is 2. The Morgan fingerprint density at radius 3 is 2.79 bits per heavy atom. The second kappa shape index (κ2) is 9.23. The van der Waals surface area contributed by atoms with Gasteiger partial charge in [0.05, 0.1) is 31.7 Å². The van der Waals surface area contributed by atoms with Gasteiger partial charge in [0, 0.05) is 27.6 Å². The number of carbonyl (C=O) groups excluding carboxylic acids is 1. The van der Waals surface area contributed by atoms with Crippen molar-refractivity contribution in [2.45, 2.75) is 11.8 Å². The van der Waals surface area contributed by atoms with Crippen molar-refractivity contribution in [3.05, 3.63) is 59.8 Å². The Morgan fingerprint density at radius 2 is 2.00 bits per heavy atom. The molecule has 1 amide bonds. The third kappa shape index (κ3) is 4.80. The van der Waals surface area contributed by atoms with Gasteiger partial charge < -0.3 is 9.47 Å². The number of hydrogen-bond acceptors (Lipinski definition) is 6. The minimum atomic E-state index is -0.188. The van der Waals surface area contributed by atoms with Gasteiger partial charge in [0.2, 0.25) is 5.91 Å². The van der Waals surface area contributed by atoms with E-state index in [1.165, 1.54) is 11.8 Å². The average molecular weight is 395 g/mol. The van der Waals surface area contributed by atoms with Gasteiger partial charge in [-0.2, -0.15) is 5.10 Å². The van der Waals surface area contributed by atoms with Gasteiger partial charge in [-0.25, -0.2) is 5.43 Å². The van der Waals surface area contributed by atoms with Crippen molar-refractivity contribution in [3.8, 4) is 11.5 Å². The van der Waals surface area contributed by atoms with Crippen molar-refractivity contribution in [1.29, 1.82) is 0 Å². The standard InChI is InChI=1S/C21H21N3O3S/c1-14-10-20(17-6-4-5-7-18(17)23-14)28-13-21(25)24-22-12-15-8-9-16(26-2)11-19(15)27-3/h4-12H,13H2,1-3H3,(H,24,25)/b22-12+. The molecule has 0 atom stereocenters. The average Bonchev–Trinajstić information content (AvgIpc) is 2.72. The lowest BCUT2D eigenvalue weighted by atomic mass is 10.2. The molecule has 2 aromatic carbocycles. The number of ether oxygens (including phenoxy) is 2. The molecule has 0 aliphatic carbocycles. The number of amides is 1. The number of aromatic nitrogens is 1. The number of hydrazone groups is 1. The first-order valence-corrected chi connectivity index (χ1v) is 9.62. The van der Waals surface area contributed by atoms with Crippen LogP contribution in [0.4, 0.5) is 0 Å². The van der Waals surface area contributed by atoms with E-state index in [0.29, 0.717) is 11.5 Å². The van der Waals surface area contributed by atoms with Gasteiger partial charge in [-0.1, -0.05) is 18.2 Å². The number of aryl methyl sites for hydroxylation is 1. The summed E-state index contributed by atoms with van der Waals surface area (Å²) in [7, 11) is 3.16. The zero-order valence-electron chi connectivity index (χ0n) is 15.9. The van der Waals surface area contributed by atoms with Crippen LogP contribution in [-0.4, -0.2) is 37.1 Å². The summed E-state index contributed by atoms with van der Waals surface area (Å²) in [5, 5.41) is 5.07. The molecular formula is C21H21N3O3S. The van der Waals surface area contributed by atoms with Gasteiger partial charge in [-0.15, -0.1) is 11.8 Å². The van der Waals surface area contributed by atoms with Crippen molar-refractivity contribution in [3.63, 3.8) is 0 Å². The Bertz CT molecular complexity index is 1020. The predicted molar refractivity (Wildman–Crippen MR) is 112 cm³/mol. The van der Waals surface area contributed by atoms with Crippen LogP contribution in [0.5, 0.6) is 11.5 Å². The molecule has 1 heterocycles. The number of rotatable bonds is 7. The maximum Gasteiger partial charge on any atom is 0.250 e. The minimum absolute atomic E-state index is 0.188. The molecule has 0 spiro atoms. The fraction of sp³-hybridized carbons (Fsp3) is 0.190. The molecule has 0 saturated carbocycles. The van der Waals surface area contributed by atoms with E-state index in [-0.39, 0.29) is 11.7 Å². The summed E-state index contributed by atoms with van der Waals surface area (Å²) in [6.07, 6.45) is 1.55. The quantitative estimate of drug-likeness (QED) is 0.374. The van der Waals surface area contributed by atoms with Crippen LogP contribution < -0.4 is 14.9 Å². The Hall–Kier alpha value is -3.06. The fourth-order valence-corrected chi connectivity index (χ4v) is 3.60. The third-order valence-electron chi connectivity index (χ3n) is 4.00. The van der Waals surface area contributed by atoms with Crippen LogP contribution in [0.25, 0.3) is 10.9 Å². The highest BCUT2D eigenvalue weighted by atomic mass is 32.2. The molecule has 28 heavy (non-hydrogen) atoms. The number of methoxy groups -OCH3 is 2. The van der Waals surface area contributed by atoms with E-state index >= 15 is 0 Å². The van der Waals surface area contributed by atoms with Crippen LogP contribution in [0.1, 0.15) is 11.3 Å². The molecule has 0 aliphatic heterocycles. The zero-order valence-corrected chi connectivity index (χ0v) is 16.7. The predicted octanol–water partition coefficient (Wildman–Crippen LogP) is 3.80. The minimum Gasteiger partial charge on any atom is -0.497 e. The van der Waals surface area contributed by atoms with Crippen molar-refractivity contribution in [2.24, 2.45) is 5.10 Å². The lowest BCUT2D eigenvalue weighted by molar-refractivity contribution is -0.118. The van der Waals surface area contributed by atoms with Crippen LogP contribution in [0, 0.1) is 6.92 Å². The smallest absolute Gasteiger partial charge is 0.250 e. The first kappa shape index (κ1) is 19.7. The SMILES string of the molecule is COc1ccc(/C=N/NC(=O)CSc2cc(C)nc3ccccc23)c(OC)c1. The zero-order chi connectivity index (χ0) is 19.9. The summed E-state index contributed by atoms with van der Waals surface area (Å²) in [5.74, 6) is 1.37. The summed E-state index contributed by atoms with van der Waals surface area (Å²) >= 11 is 1.46. The van der Waals surface area contributed by atoms with E-state index in [4.69, 9.17) is 9.47 Å². The highest BCUT2D eigenvalue weighted by Gasteiger charge is 2.08. The van der Waals surface area contributed by atoms with E-state index in [1.54, 1.807) is 32.6 Å². The Balaban J connectivity index is 1.62. The topological polar surface area (TPSA) is 72.8 Å². The molecule has 0 aliphatic rings. The normalized spacial score (nSPS) is 11.0. The van der Waals surface area contributed by atoms with E-state index in [9.17, 15) is 4.79 Å². The van der Waals surface area contributed by atoms with Crippen molar-refractivity contribution >= 4 is 34.8 Å². The van der Waals surface area contributed by atoms with Crippen LogP contribution in [0.2, 0.25) is 0 Å². The monoisotopic (exact) mass is 395 g/mol. The molecule has 1 N–H and O–H groups in total. The summed E-state index contributed by atoms with van der Waals surface area (Å²) in [6, 6.07) is 15.3. The molecule has 7 heteroatoms. The van der Waals surface area contributed by atoms with E-state index in [2.05, 4.69) is 15.5 Å². The van der Waals surface area contributed by atoms with Crippen molar-refractivity contribution in [2.75, 3.05) is 20.0 Å². The van der Waals surface area contributed by atoms with E-state index in [0.717, 1.165) is 27.1 Å². The van der Waals surface area contributed by atoms with Crippen LogP contribution in [0.3, 0.4) is 0 Å². The van der Waals surface area contributed by atoms with Crippen LogP contribution in [0.15, 0.2) is 58.5 Å². The largest absolute Gasteiger partial charge is 0.497 e. The van der Waals surface area contributed by atoms with Crippen molar-refractivity contribution in [1.82, 2.24) is 10.4 Å². The lowest BCUT2D eigenvalue weighted by Gasteiger charge is -2.08. The molecule has 0 radical (unpaired) electrons. The Kier molecular flexibility index (Phi) is 6.49. The second-order valence-corrected chi connectivity index (χ2v) is 6.99. The highest BCUT2D eigenvalue weighted by molar-refractivity contribution is 8.00. The molecule has 144 valence electrons. The van der Waals surface area contributed by atoms with Crippen molar-refractivity contribution < 1.29 is 14.3 Å². The maximum atomic E-state index is 12.2. The maximum absolute atomic E-state index is 12.2. The number of thioether (sulfide) groups is 1. The molecule has 3 rings (SSSR count). The Morgan fingerprint density at radius 1 is 1.18 bits per heavy atom. The summed E-state index contributed by atoms with van der Waals surface area (Å²) in [4.78, 5) is 17.7. The second-order valence-electron chi connectivity index (χ2n) is 5.97. The lowest BCUT2D eigenvalue weighted by Crippen LogP contribution is -2.19.